The molecule has 2 aromatic carbocycles. The van der Waals surface area contributed by atoms with Gasteiger partial charge in [-0.05, 0) is 43.2 Å². The van der Waals surface area contributed by atoms with Gasteiger partial charge in [0.15, 0.2) is 11.5 Å². The van der Waals surface area contributed by atoms with E-state index in [1.54, 1.807) is 18.2 Å². The van der Waals surface area contributed by atoms with Crippen LogP contribution in [0, 0.1) is 5.92 Å². The van der Waals surface area contributed by atoms with Crippen molar-refractivity contribution in [3.63, 3.8) is 0 Å². The maximum atomic E-state index is 13.0. The number of benzene rings is 2. The van der Waals surface area contributed by atoms with Crippen molar-refractivity contribution in [3.8, 4) is 11.5 Å². The first-order chi connectivity index (χ1) is 14.7. The number of piperidine rings is 1. The molecule has 3 rings (SSSR count). The van der Waals surface area contributed by atoms with E-state index in [0.29, 0.717) is 36.6 Å². The highest BCUT2D eigenvalue weighted by atomic mass is 19.4. The molecule has 6 nitrogen and oxygen atoms in total. The Hall–Kier alpha value is -3.23. The lowest BCUT2D eigenvalue weighted by molar-refractivity contribution is -0.137. The van der Waals surface area contributed by atoms with Gasteiger partial charge in [-0.3, -0.25) is 9.59 Å². The van der Waals surface area contributed by atoms with Gasteiger partial charge >= 0.3 is 6.18 Å². The standard InChI is InChI=1S/C22H23F3N2O4/c1-30-18-9-8-17(12-19(18)31-2)26-20(28)15-6-4-10-27(13-15)21(29)14-5-3-7-16(11-14)22(23,24)25/h3,5,7-9,11-12,15H,4,6,10,13H2,1-2H3,(H,26,28). The van der Waals surface area contributed by atoms with Gasteiger partial charge in [-0.1, -0.05) is 6.07 Å². The molecular weight excluding hydrogens is 413 g/mol. The van der Waals surface area contributed by atoms with Crippen LogP contribution in [0.2, 0.25) is 0 Å². The van der Waals surface area contributed by atoms with E-state index >= 15 is 0 Å². The third-order valence-electron chi connectivity index (χ3n) is 5.17. The minimum absolute atomic E-state index is 0.0456. The van der Waals surface area contributed by atoms with Crippen LogP contribution >= 0.6 is 0 Å². The Bertz CT molecular complexity index is 962. The predicted octanol–water partition coefficient (Wildman–Crippen LogP) is 4.21. The van der Waals surface area contributed by atoms with Crippen LogP contribution in [-0.2, 0) is 11.0 Å². The molecule has 2 aromatic rings. The minimum Gasteiger partial charge on any atom is -0.493 e. The smallest absolute Gasteiger partial charge is 0.416 e. The number of ether oxygens (including phenoxy) is 2. The Balaban J connectivity index is 1.69. The first kappa shape index (κ1) is 22.5. The zero-order chi connectivity index (χ0) is 22.6. The molecule has 9 heteroatoms. The Morgan fingerprint density at radius 2 is 1.81 bits per heavy atom. The summed E-state index contributed by atoms with van der Waals surface area (Å²) in [6.07, 6.45) is -3.37. The van der Waals surface area contributed by atoms with Crippen LogP contribution in [0.1, 0.15) is 28.8 Å². The number of nitrogens with zero attached hydrogens (tertiary/aromatic N) is 1. The minimum atomic E-state index is -4.53. The summed E-state index contributed by atoms with van der Waals surface area (Å²) in [5.41, 5.74) is -0.405. The summed E-state index contributed by atoms with van der Waals surface area (Å²) < 4.78 is 49.3. The van der Waals surface area contributed by atoms with Crippen molar-refractivity contribution in [1.82, 2.24) is 4.90 Å². The van der Waals surface area contributed by atoms with E-state index < -0.39 is 23.6 Å². The van der Waals surface area contributed by atoms with Crippen LogP contribution in [-0.4, -0.2) is 44.0 Å². The van der Waals surface area contributed by atoms with Crippen molar-refractivity contribution in [2.75, 3.05) is 32.6 Å². The molecule has 0 aliphatic carbocycles. The van der Waals surface area contributed by atoms with Gasteiger partial charge in [0.05, 0.1) is 25.7 Å². The van der Waals surface area contributed by atoms with Gasteiger partial charge in [-0.15, -0.1) is 0 Å². The molecule has 0 aromatic heterocycles. The Morgan fingerprint density at radius 1 is 1.06 bits per heavy atom. The van der Waals surface area contributed by atoms with E-state index in [1.165, 1.54) is 31.3 Å². The molecule has 166 valence electrons. The molecule has 1 atom stereocenters. The molecule has 0 bridgehead atoms. The number of likely N-dealkylation sites (tertiary alicyclic amines) is 1. The molecule has 1 aliphatic rings. The number of halogens is 3. The summed E-state index contributed by atoms with van der Waals surface area (Å²) >= 11 is 0. The largest absolute Gasteiger partial charge is 0.493 e. The molecule has 1 saturated heterocycles. The molecule has 1 heterocycles. The molecule has 1 fully saturated rings. The van der Waals surface area contributed by atoms with E-state index in [-0.39, 0.29) is 18.0 Å². The lowest BCUT2D eigenvalue weighted by atomic mass is 9.96. The molecule has 0 saturated carbocycles. The summed E-state index contributed by atoms with van der Waals surface area (Å²) in [5.74, 6) is -0.276. The van der Waals surface area contributed by atoms with Crippen LogP contribution in [0.15, 0.2) is 42.5 Å². The highest BCUT2D eigenvalue weighted by molar-refractivity contribution is 5.96. The Labute approximate surface area is 177 Å². The number of hydrogen-bond donors (Lipinski definition) is 1. The van der Waals surface area contributed by atoms with Crippen molar-refractivity contribution >= 4 is 17.5 Å². The second kappa shape index (κ2) is 9.28. The van der Waals surface area contributed by atoms with E-state index in [2.05, 4.69) is 5.32 Å². The molecule has 1 aliphatic heterocycles. The highest BCUT2D eigenvalue weighted by Crippen LogP contribution is 2.31. The van der Waals surface area contributed by atoms with E-state index in [1.807, 2.05) is 0 Å². The summed E-state index contributed by atoms with van der Waals surface area (Å²) in [6.45, 7) is 0.517. The number of rotatable bonds is 5. The molecule has 1 unspecified atom stereocenters. The number of methoxy groups -OCH3 is 2. The second-order valence-electron chi connectivity index (χ2n) is 7.23. The van der Waals surface area contributed by atoms with Gasteiger partial charge in [0.25, 0.3) is 5.91 Å². The van der Waals surface area contributed by atoms with E-state index in [4.69, 9.17) is 9.47 Å². The van der Waals surface area contributed by atoms with Crippen molar-refractivity contribution in [3.05, 3.63) is 53.6 Å². The fraction of sp³-hybridized carbons (Fsp3) is 0.364. The molecular formula is C22H23F3N2O4. The summed E-state index contributed by atoms with van der Waals surface area (Å²) in [7, 11) is 3.00. The number of nitrogens with one attached hydrogen (secondary N) is 1. The number of amides is 2. The van der Waals surface area contributed by atoms with Crippen LogP contribution in [0.4, 0.5) is 18.9 Å². The monoisotopic (exact) mass is 436 g/mol. The Kier molecular flexibility index (Phi) is 6.72. The first-order valence-electron chi connectivity index (χ1n) is 9.72. The first-order valence-corrected chi connectivity index (χ1v) is 9.72. The quantitative estimate of drug-likeness (QED) is 0.763. The summed E-state index contributed by atoms with van der Waals surface area (Å²) in [4.78, 5) is 26.9. The average molecular weight is 436 g/mol. The van der Waals surface area contributed by atoms with Crippen LogP contribution in [0.5, 0.6) is 11.5 Å². The second-order valence-corrected chi connectivity index (χ2v) is 7.23. The predicted molar refractivity (Wildman–Crippen MR) is 108 cm³/mol. The fourth-order valence-electron chi connectivity index (χ4n) is 3.55. The summed E-state index contributed by atoms with van der Waals surface area (Å²) in [6, 6.07) is 9.30. The fourth-order valence-corrected chi connectivity index (χ4v) is 3.55. The lowest BCUT2D eigenvalue weighted by Crippen LogP contribution is -2.43. The van der Waals surface area contributed by atoms with Gasteiger partial charge in [-0.25, -0.2) is 0 Å². The van der Waals surface area contributed by atoms with Gasteiger partial charge in [-0.2, -0.15) is 13.2 Å². The SMILES string of the molecule is COc1ccc(NC(=O)C2CCCN(C(=O)c3cccc(C(F)(F)F)c3)C2)cc1OC. The van der Waals surface area contributed by atoms with Crippen molar-refractivity contribution in [1.29, 1.82) is 0 Å². The summed E-state index contributed by atoms with van der Waals surface area (Å²) in [5, 5.41) is 2.80. The highest BCUT2D eigenvalue weighted by Gasteiger charge is 2.33. The number of hydrogen-bond acceptors (Lipinski definition) is 4. The zero-order valence-electron chi connectivity index (χ0n) is 17.2. The molecule has 0 radical (unpaired) electrons. The van der Waals surface area contributed by atoms with Crippen molar-refractivity contribution < 1.29 is 32.2 Å². The molecule has 0 spiro atoms. The van der Waals surface area contributed by atoms with E-state index in [0.717, 1.165) is 12.1 Å². The number of carbonyl (C=O) groups excluding carboxylic acids is 2. The van der Waals surface area contributed by atoms with Gasteiger partial charge in [0.1, 0.15) is 0 Å². The maximum absolute atomic E-state index is 13.0. The number of carbonyl (C=O) groups is 2. The van der Waals surface area contributed by atoms with Crippen molar-refractivity contribution in [2.45, 2.75) is 19.0 Å². The lowest BCUT2D eigenvalue weighted by Gasteiger charge is -2.32. The zero-order valence-corrected chi connectivity index (χ0v) is 17.2. The van der Waals surface area contributed by atoms with E-state index in [9.17, 15) is 22.8 Å². The molecule has 31 heavy (non-hydrogen) atoms. The van der Waals surface area contributed by atoms with Gasteiger partial charge < -0.3 is 19.7 Å². The Morgan fingerprint density at radius 3 is 2.48 bits per heavy atom. The van der Waals surface area contributed by atoms with Crippen molar-refractivity contribution in [2.24, 2.45) is 5.92 Å². The third kappa shape index (κ3) is 5.28. The third-order valence-corrected chi connectivity index (χ3v) is 5.17. The van der Waals surface area contributed by atoms with Crippen LogP contribution in [0.25, 0.3) is 0 Å². The molecule has 1 N–H and O–H groups in total. The van der Waals surface area contributed by atoms with Gasteiger partial charge in [0, 0.05) is 30.4 Å². The normalized spacial score (nSPS) is 16.5. The van der Waals surface area contributed by atoms with Crippen LogP contribution < -0.4 is 14.8 Å². The van der Waals surface area contributed by atoms with Crippen LogP contribution in [0.3, 0.4) is 0 Å². The number of alkyl halides is 3. The molecule has 2 amide bonds. The maximum Gasteiger partial charge on any atom is 0.416 e. The average Bonchev–Trinajstić information content (AvgIpc) is 2.78. The number of anilines is 1. The van der Waals surface area contributed by atoms with Gasteiger partial charge in [0.2, 0.25) is 5.91 Å². The topological polar surface area (TPSA) is 67.9 Å².